The van der Waals surface area contributed by atoms with E-state index in [2.05, 4.69) is 22.6 Å². The van der Waals surface area contributed by atoms with Crippen molar-refractivity contribution in [1.29, 1.82) is 5.26 Å². The molecule has 1 saturated carbocycles. The van der Waals surface area contributed by atoms with Gasteiger partial charge >= 0.3 is 0 Å². The van der Waals surface area contributed by atoms with Crippen LogP contribution in [0.4, 0.5) is 0 Å². The Morgan fingerprint density at radius 1 is 1.71 bits per heavy atom. The van der Waals surface area contributed by atoms with Gasteiger partial charge in [-0.2, -0.15) is 5.26 Å². The zero-order valence-electron chi connectivity index (χ0n) is 8.13. The Morgan fingerprint density at radius 3 is 3.07 bits per heavy atom. The molecule has 0 amide bonds. The Labute approximate surface area is 98.5 Å². The van der Waals surface area contributed by atoms with E-state index in [1.54, 1.807) is 6.08 Å². The summed E-state index contributed by atoms with van der Waals surface area (Å²) in [6.07, 6.45) is 7.51. The molecule has 1 rings (SSSR count). The number of hydrogen-bond acceptors (Lipinski definition) is 2. The highest BCUT2D eigenvalue weighted by Gasteiger charge is 2.23. The van der Waals surface area contributed by atoms with Gasteiger partial charge in [0.2, 0.25) is 0 Å². The third-order valence-electron chi connectivity index (χ3n) is 2.62. The lowest BCUT2D eigenvalue weighted by atomic mass is 10.00. The number of allylic oxidation sites excluding steroid dienone is 2. The van der Waals surface area contributed by atoms with Crippen molar-refractivity contribution >= 4 is 28.4 Å². The number of rotatable bonds is 4. The highest BCUT2D eigenvalue weighted by Crippen LogP contribution is 2.27. The summed E-state index contributed by atoms with van der Waals surface area (Å²) in [6.45, 7) is 0. The van der Waals surface area contributed by atoms with Gasteiger partial charge in [-0.25, -0.2) is 0 Å². The minimum absolute atomic E-state index is 0.321. The van der Waals surface area contributed by atoms with Gasteiger partial charge in [0.05, 0.1) is 6.07 Å². The van der Waals surface area contributed by atoms with Gasteiger partial charge in [0.25, 0.3) is 0 Å². The predicted molar refractivity (Wildman–Crippen MR) is 63.9 cm³/mol. The van der Waals surface area contributed by atoms with Crippen LogP contribution < -0.4 is 0 Å². The first-order chi connectivity index (χ1) is 6.74. The van der Waals surface area contributed by atoms with E-state index in [0.717, 1.165) is 42.1 Å². The summed E-state index contributed by atoms with van der Waals surface area (Å²) in [5, 5.41) is 8.40. The highest BCUT2D eigenvalue weighted by molar-refractivity contribution is 14.1. The second kappa shape index (κ2) is 6.18. The molecule has 1 fully saturated rings. The molecule has 1 atom stereocenters. The number of halogens is 1. The number of Topliss-reactive ketones (excluding diaryl/α,β-unsaturated/α-hetero) is 1. The summed E-state index contributed by atoms with van der Waals surface area (Å²) >= 11 is 2.19. The minimum atomic E-state index is 0.321. The van der Waals surface area contributed by atoms with Gasteiger partial charge in [-0.15, -0.1) is 0 Å². The van der Waals surface area contributed by atoms with Gasteiger partial charge in [0.15, 0.2) is 0 Å². The van der Waals surface area contributed by atoms with Gasteiger partial charge in [-0.3, -0.25) is 4.79 Å². The highest BCUT2D eigenvalue weighted by atomic mass is 127. The summed E-state index contributed by atoms with van der Waals surface area (Å²) in [5.41, 5.74) is 0. The summed E-state index contributed by atoms with van der Waals surface area (Å²) in [6, 6.07) is 2.02. The predicted octanol–water partition coefficient (Wildman–Crippen LogP) is 3.37. The maximum Gasteiger partial charge on any atom is 0.135 e. The molecule has 0 saturated heterocycles. The lowest BCUT2D eigenvalue weighted by Crippen LogP contribution is -2.05. The molecule has 14 heavy (non-hydrogen) atoms. The number of nitriles is 1. The summed E-state index contributed by atoms with van der Waals surface area (Å²) < 4.78 is 1.09. The van der Waals surface area contributed by atoms with Crippen molar-refractivity contribution in [2.45, 2.75) is 38.5 Å². The zero-order chi connectivity index (χ0) is 10.4. The molecule has 1 aliphatic rings. The molecular weight excluding hydrogens is 289 g/mol. The van der Waals surface area contributed by atoms with Crippen molar-refractivity contribution in [1.82, 2.24) is 0 Å². The molecule has 0 heterocycles. The number of nitrogens with zero attached hydrogens (tertiary/aromatic N) is 1. The van der Waals surface area contributed by atoms with Crippen LogP contribution in [0.15, 0.2) is 9.66 Å². The average Bonchev–Trinajstić information content (AvgIpc) is 2.52. The molecule has 0 N–H and O–H groups in total. The van der Waals surface area contributed by atoms with Crippen molar-refractivity contribution in [3.63, 3.8) is 0 Å². The van der Waals surface area contributed by atoms with E-state index in [0.29, 0.717) is 11.7 Å². The normalized spacial score (nSPS) is 22.4. The second-order valence-electron chi connectivity index (χ2n) is 3.67. The lowest BCUT2D eigenvalue weighted by molar-refractivity contribution is -0.120. The van der Waals surface area contributed by atoms with E-state index in [4.69, 9.17) is 5.26 Å². The molecule has 2 nitrogen and oxygen atoms in total. The smallest absolute Gasteiger partial charge is 0.135 e. The Hall–Kier alpha value is -0.370. The third kappa shape index (κ3) is 3.79. The number of carbonyl (C=O) groups is 1. The Bertz CT molecular complexity index is 278. The Balaban J connectivity index is 2.19. The zero-order valence-corrected chi connectivity index (χ0v) is 10.3. The fourth-order valence-electron chi connectivity index (χ4n) is 1.85. The average molecular weight is 303 g/mol. The van der Waals surface area contributed by atoms with E-state index in [9.17, 15) is 4.79 Å². The molecule has 0 radical (unpaired) electrons. The van der Waals surface area contributed by atoms with Gasteiger partial charge in [-0.05, 0) is 54.7 Å². The lowest BCUT2D eigenvalue weighted by Gasteiger charge is -2.06. The van der Waals surface area contributed by atoms with Crippen molar-refractivity contribution in [3.05, 3.63) is 9.66 Å². The fourth-order valence-corrected chi connectivity index (χ4v) is 2.37. The van der Waals surface area contributed by atoms with Crippen LogP contribution in [0.5, 0.6) is 0 Å². The van der Waals surface area contributed by atoms with Crippen LogP contribution in [-0.2, 0) is 4.79 Å². The minimum Gasteiger partial charge on any atom is -0.299 e. The van der Waals surface area contributed by atoms with Crippen LogP contribution in [0.1, 0.15) is 38.5 Å². The fraction of sp³-hybridized carbons (Fsp3) is 0.636. The van der Waals surface area contributed by atoms with E-state index in [-0.39, 0.29) is 0 Å². The molecular formula is C11H14INO. The van der Waals surface area contributed by atoms with Crippen LogP contribution in [0.3, 0.4) is 0 Å². The van der Waals surface area contributed by atoms with Crippen LogP contribution in [-0.4, -0.2) is 5.78 Å². The van der Waals surface area contributed by atoms with E-state index in [1.807, 2.05) is 6.07 Å². The molecule has 0 aromatic heterocycles. The first-order valence-corrected chi connectivity index (χ1v) is 6.09. The number of carbonyl (C=O) groups excluding carboxylic acids is 1. The van der Waals surface area contributed by atoms with Crippen molar-refractivity contribution in [2.75, 3.05) is 0 Å². The molecule has 0 aliphatic heterocycles. The number of hydrogen-bond donors (Lipinski definition) is 0. The monoisotopic (exact) mass is 303 g/mol. The number of ketones is 1. The molecule has 76 valence electrons. The van der Waals surface area contributed by atoms with Crippen LogP contribution in [0.25, 0.3) is 0 Å². The molecule has 1 unspecified atom stereocenters. The van der Waals surface area contributed by atoms with E-state index in [1.165, 1.54) is 0 Å². The van der Waals surface area contributed by atoms with Gasteiger partial charge in [0, 0.05) is 22.0 Å². The molecule has 0 spiro atoms. The Morgan fingerprint density at radius 2 is 2.50 bits per heavy atom. The first-order valence-electron chi connectivity index (χ1n) is 5.01. The van der Waals surface area contributed by atoms with Crippen LogP contribution in [0.2, 0.25) is 0 Å². The maximum absolute atomic E-state index is 11.3. The molecule has 1 aliphatic carbocycles. The standard InChI is InChI=1S/C11H14INO/c12-10(7-8-13)5-1-3-9-4-2-6-11(9)14/h7,9H,1-6H2/b10-7-. The van der Waals surface area contributed by atoms with Crippen molar-refractivity contribution in [3.8, 4) is 6.07 Å². The Kier molecular flexibility index (Phi) is 5.16. The largest absolute Gasteiger partial charge is 0.299 e. The van der Waals surface area contributed by atoms with Crippen LogP contribution >= 0.6 is 22.6 Å². The SMILES string of the molecule is N#C/C=C(\I)CCCC1CCCC1=O. The first kappa shape index (κ1) is 11.7. The molecule has 3 heteroatoms. The second-order valence-corrected chi connectivity index (χ2v) is 5.05. The molecule has 0 aromatic rings. The quantitative estimate of drug-likeness (QED) is 0.590. The van der Waals surface area contributed by atoms with E-state index < -0.39 is 0 Å². The summed E-state index contributed by atoms with van der Waals surface area (Å²) in [4.78, 5) is 11.3. The van der Waals surface area contributed by atoms with E-state index >= 15 is 0 Å². The molecule has 0 aromatic carbocycles. The van der Waals surface area contributed by atoms with Gasteiger partial charge in [-0.1, -0.05) is 0 Å². The topological polar surface area (TPSA) is 40.9 Å². The maximum atomic E-state index is 11.3. The van der Waals surface area contributed by atoms with Crippen LogP contribution in [0, 0.1) is 17.2 Å². The van der Waals surface area contributed by atoms with Gasteiger partial charge < -0.3 is 0 Å². The van der Waals surface area contributed by atoms with Crippen molar-refractivity contribution in [2.24, 2.45) is 5.92 Å². The van der Waals surface area contributed by atoms with Gasteiger partial charge in [0.1, 0.15) is 5.78 Å². The molecule has 0 bridgehead atoms. The summed E-state index contributed by atoms with van der Waals surface area (Å²) in [7, 11) is 0. The third-order valence-corrected chi connectivity index (χ3v) is 3.47. The summed E-state index contributed by atoms with van der Waals surface area (Å²) in [5.74, 6) is 0.769. The van der Waals surface area contributed by atoms with Crippen molar-refractivity contribution < 1.29 is 4.79 Å².